The van der Waals surface area contributed by atoms with E-state index in [9.17, 15) is 9.18 Å². The van der Waals surface area contributed by atoms with Crippen molar-refractivity contribution in [2.24, 2.45) is 5.92 Å². The van der Waals surface area contributed by atoms with Crippen LogP contribution in [-0.2, 0) is 6.42 Å². The molecule has 3 aromatic rings. The highest BCUT2D eigenvalue weighted by atomic mass is 19.1. The Bertz CT molecular complexity index is 1120. The summed E-state index contributed by atoms with van der Waals surface area (Å²) in [7, 11) is 0. The first kappa shape index (κ1) is 22.8. The van der Waals surface area contributed by atoms with Crippen LogP contribution in [0.15, 0.2) is 42.9 Å². The van der Waals surface area contributed by atoms with Gasteiger partial charge in [-0.3, -0.25) is 4.79 Å². The van der Waals surface area contributed by atoms with Crippen LogP contribution in [0, 0.1) is 11.7 Å². The molecule has 1 aliphatic carbocycles. The summed E-state index contributed by atoms with van der Waals surface area (Å²) in [6, 6.07) is 7.65. The minimum absolute atomic E-state index is 0.0132. The lowest BCUT2D eigenvalue weighted by Gasteiger charge is -2.28. The van der Waals surface area contributed by atoms with Crippen molar-refractivity contribution in [3.63, 3.8) is 0 Å². The summed E-state index contributed by atoms with van der Waals surface area (Å²) >= 11 is 0. The molecule has 1 atom stereocenters. The predicted molar refractivity (Wildman–Crippen MR) is 122 cm³/mol. The molecule has 0 spiro atoms. The van der Waals surface area contributed by atoms with Crippen molar-refractivity contribution in [2.45, 2.75) is 58.4 Å². The van der Waals surface area contributed by atoms with E-state index >= 15 is 0 Å². The Morgan fingerprint density at radius 2 is 2.00 bits per heavy atom. The molecule has 0 bridgehead atoms. The molecule has 33 heavy (non-hydrogen) atoms. The molecule has 1 fully saturated rings. The Morgan fingerprint density at radius 3 is 2.79 bits per heavy atom. The van der Waals surface area contributed by atoms with E-state index in [2.05, 4.69) is 25.3 Å². The van der Waals surface area contributed by atoms with E-state index < -0.39 is 11.7 Å². The van der Waals surface area contributed by atoms with Gasteiger partial charge in [0.2, 0.25) is 5.88 Å². The number of amides is 1. The van der Waals surface area contributed by atoms with Crippen LogP contribution in [0.3, 0.4) is 0 Å². The van der Waals surface area contributed by atoms with E-state index in [0.29, 0.717) is 35.3 Å². The number of aryl methyl sites for hydroxylation is 1. The first-order chi connectivity index (χ1) is 16.0. The molecule has 1 N–H and O–H groups in total. The van der Waals surface area contributed by atoms with Crippen LogP contribution in [0.25, 0.3) is 11.4 Å². The normalized spacial score (nSPS) is 15.1. The number of hydrogen-bond acceptors (Lipinski definition) is 6. The van der Waals surface area contributed by atoms with Gasteiger partial charge in [-0.05, 0) is 56.0 Å². The number of carbonyl (C=O) groups excluding carboxylic acids is 1. The molecule has 4 rings (SSSR count). The minimum Gasteiger partial charge on any atom is -0.438 e. The number of carbonyl (C=O) groups is 1. The number of nitrogens with zero attached hydrogens (tertiary/aromatic N) is 4. The molecule has 2 aromatic heterocycles. The van der Waals surface area contributed by atoms with Gasteiger partial charge in [0.25, 0.3) is 5.91 Å². The molecule has 0 aliphatic heterocycles. The Morgan fingerprint density at radius 1 is 1.18 bits per heavy atom. The number of ether oxygens (including phenoxy) is 1. The van der Waals surface area contributed by atoms with Crippen LogP contribution in [0.1, 0.15) is 62.1 Å². The average molecular weight is 450 g/mol. The SMILES string of the molecule is CCc1ncnc(-c2cccnc2Oc2ccc(F)c(C(=O)N[C@H](C)C3CCCCC3)c2)n1. The van der Waals surface area contributed by atoms with Crippen LogP contribution in [-0.4, -0.2) is 31.9 Å². The fourth-order valence-corrected chi connectivity index (χ4v) is 4.16. The molecule has 1 aromatic carbocycles. The lowest BCUT2D eigenvalue weighted by Crippen LogP contribution is -2.39. The smallest absolute Gasteiger partial charge is 0.254 e. The standard InChI is InChI=1S/C25H28FN5O2/c1-3-22-28-15-29-23(31-22)19-10-7-13-27-25(19)33-18-11-12-21(26)20(14-18)24(32)30-16(2)17-8-5-4-6-9-17/h7,10-17H,3-6,8-9H2,1-2H3,(H,30,32)/t16-/m1/s1. The van der Waals surface area contributed by atoms with Crippen molar-refractivity contribution in [1.29, 1.82) is 0 Å². The quantitative estimate of drug-likeness (QED) is 0.538. The largest absolute Gasteiger partial charge is 0.438 e. The molecule has 2 heterocycles. The zero-order valence-corrected chi connectivity index (χ0v) is 18.9. The Kier molecular flexibility index (Phi) is 7.22. The molecule has 0 unspecified atom stereocenters. The molecule has 1 aliphatic rings. The highest BCUT2D eigenvalue weighted by molar-refractivity contribution is 5.95. The van der Waals surface area contributed by atoms with Crippen molar-refractivity contribution < 1.29 is 13.9 Å². The van der Waals surface area contributed by atoms with Crippen LogP contribution >= 0.6 is 0 Å². The summed E-state index contributed by atoms with van der Waals surface area (Å²) in [5, 5.41) is 2.97. The second-order valence-corrected chi connectivity index (χ2v) is 8.34. The van der Waals surface area contributed by atoms with Crippen LogP contribution in [0.2, 0.25) is 0 Å². The summed E-state index contributed by atoms with van der Waals surface area (Å²) < 4.78 is 20.5. The van der Waals surface area contributed by atoms with Crippen molar-refractivity contribution in [2.75, 3.05) is 0 Å². The minimum atomic E-state index is -0.595. The maximum Gasteiger partial charge on any atom is 0.254 e. The van der Waals surface area contributed by atoms with Gasteiger partial charge < -0.3 is 10.1 Å². The van der Waals surface area contributed by atoms with E-state index in [1.807, 2.05) is 13.8 Å². The molecule has 0 radical (unpaired) electrons. The number of hydrogen-bond donors (Lipinski definition) is 1. The van der Waals surface area contributed by atoms with Crippen molar-refractivity contribution >= 4 is 5.91 Å². The van der Waals surface area contributed by atoms with E-state index in [1.165, 1.54) is 43.8 Å². The maximum absolute atomic E-state index is 14.5. The molecule has 8 heteroatoms. The van der Waals surface area contributed by atoms with Gasteiger partial charge in [-0.2, -0.15) is 0 Å². The highest BCUT2D eigenvalue weighted by Gasteiger charge is 2.23. The van der Waals surface area contributed by atoms with Gasteiger partial charge in [-0.1, -0.05) is 26.2 Å². The fraction of sp³-hybridized carbons (Fsp3) is 0.400. The first-order valence-electron chi connectivity index (χ1n) is 11.5. The number of aromatic nitrogens is 4. The zero-order chi connectivity index (χ0) is 23.2. The lowest BCUT2D eigenvalue weighted by atomic mass is 9.84. The summed E-state index contributed by atoms with van der Waals surface area (Å²) in [6.07, 6.45) is 9.48. The van der Waals surface area contributed by atoms with Crippen LogP contribution in [0.4, 0.5) is 4.39 Å². The third-order valence-electron chi connectivity index (χ3n) is 6.06. The van der Waals surface area contributed by atoms with Gasteiger partial charge in [0.15, 0.2) is 5.82 Å². The molecular formula is C25H28FN5O2. The monoisotopic (exact) mass is 449 g/mol. The molecule has 172 valence electrons. The summed E-state index contributed by atoms with van der Waals surface area (Å²) in [5.41, 5.74) is 0.525. The van der Waals surface area contributed by atoms with E-state index in [4.69, 9.17) is 4.74 Å². The van der Waals surface area contributed by atoms with Gasteiger partial charge in [0, 0.05) is 18.7 Å². The number of nitrogens with one attached hydrogen (secondary N) is 1. The number of pyridine rings is 1. The van der Waals surface area contributed by atoms with Crippen LogP contribution < -0.4 is 10.1 Å². The Labute approximate surface area is 192 Å². The topological polar surface area (TPSA) is 89.9 Å². The second kappa shape index (κ2) is 10.5. The number of halogens is 1. The van der Waals surface area contributed by atoms with Gasteiger partial charge in [0.1, 0.15) is 23.7 Å². The Hall–Kier alpha value is -3.42. The molecule has 0 saturated heterocycles. The first-order valence-corrected chi connectivity index (χ1v) is 11.5. The maximum atomic E-state index is 14.5. The predicted octanol–water partition coefficient (Wildman–Crippen LogP) is 5.13. The number of rotatable bonds is 7. The average Bonchev–Trinajstić information content (AvgIpc) is 2.86. The fourth-order valence-electron chi connectivity index (χ4n) is 4.16. The van der Waals surface area contributed by atoms with Gasteiger partial charge in [-0.25, -0.2) is 24.3 Å². The van der Waals surface area contributed by atoms with Gasteiger partial charge >= 0.3 is 0 Å². The molecule has 7 nitrogen and oxygen atoms in total. The molecular weight excluding hydrogens is 421 g/mol. The summed E-state index contributed by atoms with van der Waals surface area (Å²) in [6.45, 7) is 3.95. The summed E-state index contributed by atoms with van der Waals surface area (Å²) in [5.74, 6) is 1.05. The third-order valence-corrected chi connectivity index (χ3v) is 6.06. The Balaban J connectivity index is 1.54. The van der Waals surface area contributed by atoms with Crippen molar-refractivity contribution in [3.05, 3.63) is 60.1 Å². The third kappa shape index (κ3) is 5.50. The molecule has 1 saturated carbocycles. The van der Waals surface area contributed by atoms with Gasteiger partial charge in [-0.15, -0.1) is 0 Å². The zero-order valence-electron chi connectivity index (χ0n) is 18.9. The van der Waals surface area contributed by atoms with Crippen molar-refractivity contribution in [3.8, 4) is 23.0 Å². The van der Waals surface area contributed by atoms with E-state index in [1.54, 1.807) is 18.3 Å². The van der Waals surface area contributed by atoms with Gasteiger partial charge in [0.05, 0.1) is 11.1 Å². The van der Waals surface area contributed by atoms with Crippen molar-refractivity contribution in [1.82, 2.24) is 25.3 Å². The van der Waals surface area contributed by atoms with Crippen LogP contribution in [0.5, 0.6) is 11.6 Å². The number of benzene rings is 1. The highest BCUT2D eigenvalue weighted by Crippen LogP contribution is 2.30. The lowest BCUT2D eigenvalue weighted by molar-refractivity contribution is 0.0915. The second-order valence-electron chi connectivity index (χ2n) is 8.34. The van der Waals surface area contributed by atoms with E-state index in [0.717, 1.165) is 12.8 Å². The summed E-state index contributed by atoms with van der Waals surface area (Å²) in [4.78, 5) is 29.9. The van der Waals surface area contributed by atoms with E-state index in [-0.39, 0.29) is 17.5 Å². The molecule has 1 amide bonds.